The number of anilines is 1. The van der Waals surface area contributed by atoms with Gasteiger partial charge in [0, 0.05) is 26.1 Å². The average molecular weight is 634 g/mol. The molecule has 11 heteroatoms. The van der Waals surface area contributed by atoms with Crippen LogP contribution < -0.4 is 10.2 Å². The van der Waals surface area contributed by atoms with Crippen LogP contribution in [0.4, 0.5) is 5.69 Å². The molecule has 2 fully saturated rings. The van der Waals surface area contributed by atoms with E-state index < -0.39 is 41.5 Å². The van der Waals surface area contributed by atoms with Gasteiger partial charge in [-0.1, -0.05) is 78.4 Å². The van der Waals surface area contributed by atoms with Crippen molar-refractivity contribution >= 4 is 41.0 Å². The number of para-hydroxylation sites is 1. The van der Waals surface area contributed by atoms with E-state index in [1.165, 1.54) is 4.90 Å². The molecular weight excluding hydrogens is 598 g/mol. The number of nitrogens with one attached hydrogen (secondary N) is 1. The summed E-state index contributed by atoms with van der Waals surface area (Å²) in [5, 5.41) is 12.9. The fraction of sp³-hybridized carbons (Fsp3) is 0.412. The van der Waals surface area contributed by atoms with Crippen LogP contribution in [0.5, 0.6) is 0 Å². The molecule has 6 rings (SSSR count). The smallest absolute Gasteiger partial charge is 0.306 e. The Morgan fingerprint density at radius 3 is 2.53 bits per heavy atom. The van der Waals surface area contributed by atoms with E-state index in [2.05, 4.69) is 5.32 Å². The van der Waals surface area contributed by atoms with E-state index in [1.54, 1.807) is 53.5 Å². The molecule has 0 bridgehead atoms. The third kappa shape index (κ3) is 5.78. The predicted octanol–water partition coefficient (Wildman–Crippen LogP) is 3.35. The second-order valence-corrected chi connectivity index (χ2v) is 12.1. The van der Waals surface area contributed by atoms with Crippen LogP contribution in [0.25, 0.3) is 0 Å². The summed E-state index contributed by atoms with van der Waals surface area (Å²) in [6.07, 6.45) is 7.63. The lowest BCUT2D eigenvalue weighted by Gasteiger charge is -2.35. The van der Waals surface area contributed by atoms with Crippen molar-refractivity contribution in [1.82, 2.24) is 10.2 Å². The number of allylic oxidation sites excluding steroid dienone is 1. The summed E-state index contributed by atoms with van der Waals surface area (Å²) in [5.41, 5.74) is -0.179. The molecule has 2 aromatic rings. The number of unbranched alkanes of at least 4 members (excludes halogenated alkanes) is 1. The highest BCUT2D eigenvalue weighted by molar-refractivity contribution is 6.34. The van der Waals surface area contributed by atoms with E-state index in [-0.39, 0.29) is 50.5 Å². The van der Waals surface area contributed by atoms with E-state index in [0.29, 0.717) is 30.0 Å². The molecule has 3 amide bonds. The molecule has 0 radical (unpaired) electrons. The number of halogens is 1. The Labute approximate surface area is 266 Å². The number of hydrogen-bond acceptors (Lipinski definition) is 7. The van der Waals surface area contributed by atoms with Crippen molar-refractivity contribution in [2.75, 3.05) is 31.2 Å². The highest BCUT2D eigenvalue weighted by Gasteiger charge is 2.71. The molecule has 1 spiro atoms. The first kappa shape index (κ1) is 31.0. The zero-order chi connectivity index (χ0) is 31.6. The number of carbonyl (C=O) groups excluding carboxylic acids is 4. The largest absolute Gasteiger partial charge is 0.463 e. The summed E-state index contributed by atoms with van der Waals surface area (Å²) in [5.74, 6) is -3.52. The molecule has 0 saturated carbocycles. The summed E-state index contributed by atoms with van der Waals surface area (Å²) in [6, 6.07) is 14.5. The molecule has 2 aromatic carbocycles. The van der Waals surface area contributed by atoms with Gasteiger partial charge >= 0.3 is 5.97 Å². The molecular formula is C34H36ClN3O7. The summed E-state index contributed by atoms with van der Waals surface area (Å²) in [4.78, 5) is 58.8. The van der Waals surface area contributed by atoms with Crippen molar-refractivity contribution in [2.45, 2.75) is 49.5 Å². The third-order valence-electron chi connectivity index (χ3n) is 9.02. The molecule has 45 heavy (non-hydrogen) atoms. The van der Waals surface area contributed by atoms with Crippen LogP contribution in [0.1, 0.15) is 37.3 Å². The van der Waals surface area contributed by atoms with E-state index in [0.717, 1.165) is 5.56 Å². The Morgan fingerprint density at radius 1 is 0.978 bits per heavy atom. The fourth-order valence-electron chi connectivity index (χ4n) is 6.96. The summed E-state index contributed by atoms with van der Waals surface area (Å²) in [7, 11) is 0. The van der Waals surface area contributed by atoms with Gasteiger partial charge in [-0.05, 0) is 37.0 Å². The number of benzene rings is 2. The van der Waals surface area contributed by atoms with Gasteiger partial charge in [0.1, 0.15) is 18.2 Å². The minimum Gasteiger partial charge on any atom is -0.463 e. The number of aliphatic hydroxyl groups is 1. The number of carbonyl (C=O) groups is 4. The van der Waals surface area contributed by atoms with E-state index in [9.17, 15) is 24.3 Å². The maximum atomic E-state index is 14.5. The van der Waals surface area contributed by atoms with Crippen molar-refractivity contribution in [3.8, 4) is 0 Å². The zero-order valence-electron chi connectivity index (χ0n) is 24.7. The zero-order valence-corrected chi connectivity index (χ0v) is 25.5. The number of likely N-dealkylation sites (tertiary alicyclic amines) is 1. The van der Waals surface area contributed by atoms with Crippen LogP contribution >= 0.6 is 11.6 Å². The highest BCUT2D eigenvalue weighted by atomic mass is 35.5. The highest BCUT2D eigenvalue weighted by Crippen LogP contribution is 2.53. The number of cyclic esters (lactones) is 1. The van der Waals surface area contributed by atoms with Gasteiger partial charge in [-0.15, -0.1) is 0 Å². The van der Waals surface area contributed by atoms with Crippen molar-refractivity contribution < 1.29 is 33.8 Å². The second-order valence-electron chi connectivity index (χ2n) is 11.7. The minimum atomic E-state index is -1.44. The van der Waals surface area contributed by atoms with Crippen molar-refractivity contribution in [1.29, 1.82) is 0 Å². The molecule has 0 unspecified atom stereocenters. The maximum Gasteiger partial charge on any atom is 0.306 e. The Kier molecular flexibility index (Phi) is 9.07. The Morgan fingerprint density at radius 2 is 1.76 bits per heavy atom. The normalized spacial score (nSPS) is 30.8. The van der Waals surface area contributed by atoms with Gasteiger partial charge in [-0.3, -0.25) is 19.2 Å². The molecule has 0 aromatic heterocycles. The Balaban J connectivity index is 1.42. The molecule has 6 atom stereocenters. The quantitative estimate of drug-likeness (QED) is 0.284. The van der Waals surface area contributed by atoms with Crippen LogP contribution in [-0.4, -0.2) is 77.7 Å². The van der Waals surface area contributed by atoms with Crippen LogP contribution in [0, 0.1) is 11.8 Å². The summed E-state index contributed by atoms with van der Waals surface area (Å²) < 4.78 is 12.3. The summed E-state index contributed by atoms with van der Waals surface area (Å²) >= 11 is 6.53. The standard InChI is InChI=1S/C34H36ClN3O7/c35-23-13-4-5-14-25(23)37-19-10-17-34-29(32(42)38(18-8-9-20-39)30(34)33(37)43)28-26(45-34)15-6-7-16-27(40)44-21-24(36-31(28)41)22-11-2-1-3-12-22/h1-6,10-15,17,24,26,28-30,39H,7-9,16,18-21H2,(H,36,41)/b15-6-/t24-,26+,28-,29-,30+,34-/m1/s1. The number of nitrogens with zero attached hydrogens (tertiary/aromatic N) is 2. The van der Waals surface area contributed by atoms with Crippen LogP contribution in [-0.2, 0) is 28.7 Å². The van der Waals surface area contributed by atoms with Gasteiger partial charge in [-0.2, -0.15) is 0 Å². The lowest BCUT2D eigenvalue weighted by atomic mass is 9.77. The molecule has 2 saturated heterocycles. The number of amides is 3. The topological polar surface area (TPSA) is 125 Å². The van der Waals surface area contributed by atoms with Gasteiger partial charge in [0.15, 0.2) is 0 Å². The molecule has 4 aliphatic heterocycles. The van der Waals surface area contributed by atoms with Gasteiger partial charge in [0.2, 0.25) is 11.8 Å². The fourth-order valence-corrected chi connectivity index (χ4v) is 7.20. The number of aliphatic hydroxyl groups excluding tert-OH is 1. The molecule has 4 aliphatic rings. The Bertz CT molecular complexity index is 1510. The first-order valence-corrected chi connectivity index (χ1v) is 15.7. The van der Waals surface area contributed by atoms with Crippen LogP contribution in [0.3, 0.4) is 0 Å². The van der Waals surface area contributed by atoms with Gasteiger partial charge in [0.05, 0.1) is 34.7 Å². The monoisotopic (exact) mass is 633 g/mol. The number of fused-ring (bicyclic) bond motifs is 2. The molecule has 4 heterocycles. The maximum absolute atomic E-state index is 14.5. The molecule has 10 nitrogen and oxygen atoms in total. The van der Waals surface area contributed by atoms with E-state index in [1.807, 2.05) is 30.3 Å². The molecule has 2 N–H and O–H groups in total. The van der Waals surface area contributed by atoms with Crippen LogP contribution in [0.2, 0.25) is 5.02 Å². The van der Waals surface area contributed by atoms with E-state index >= 15 is 0 Å². The average Bonchev–Trinajstić information content (AvgIpc) is 3.42. The van der Waals surface area contributed by atoms with Gasteiger partial charge in [-0.25, -0.2) is 0 Å². The van der Waals surface area contributed by atoms with Crippen LogP contribution in [0.15, 0.2) is 78.9 Å². The van der Waals surface area contributed by atoms with Gasteiger partial charge in [0.25, 0.3) is 5.91 Å². The van der Waals surface area contributed by atoms with Crippen molar-refractivity contribution in [3.63, 3.8) is 0 Å². The molecule has 236 valence electrons. The number of ether oxygens (including phenoxy) is 2. The number of rotatable bonds is 6. The van der Waals surface area contributed by atoms with Gasteiger partial charge < -0.3 is 29.7 Å². The third-order valence-corrected chi connectivity index (χ3v) is 9.34. The SMILES string of the molecule is O=C1CC/C=C\[C@@H]2O[C@@]34C=CCN(c5ccccc5Cl)C(=O)[C@@H]3N(CCCCO)C(=O)[C@H]4[C@@H]2C(=O)N[C@@H](c2ccccc2)CO1. The first-order chi connectivity index (χ1) is 21.9. The number of esters is 1. The minimum absolute atomic E-state index is 0.0548. The van der Waals surface area contributed by atoms with Crippen molar-refractivity contribution in [2.24, 2.45) is 11.8 Å². The predicted molar refractivity (Wildman–Crippen MR) is 166 cm³/mol. The lowest BCUT2D eigenvalue weighted by molar-refractivity contribution is -0.146. The van der Waals surface area contributed by atoms with Crippen molar-refractivity contribution in [3.05, 3.63) is 89.5 Å². The lowest BCUT2D eigenvalue weighted by Crippen LogP contribution is -2.55. The summed E-state index contributed by atoms with van der Waals surface area (Å²) in [6.45, 7) is 0.281. The van der Waals surface area contributed by atoms with E-state index in [4.69, 9.17) is 21.1 Å². The first-order valence-electron chi connectivity index (χ1n) is 15.4. The second kappa shape index (κ2) is 13.2. The number of hydrogen-bond donors (Lipinski definition) is 2. The molecule has 0 aliphatic carbocycles. The Hall–Kier alpha value is -3.99.